The predicted molar refractivity (Wildman–Crippen MR) is 97.6 cm³/mol. The van der Waals surface area contributed by atoms with Crippen LogP contribution in [-0.2, 0) is 5.41 Å². The molecule has 0 aliphatic carbocycles. The lowest BCUT2D eigenvalue weighted by Crippen LogP contribution is -2.16. The summed E-state index contributed by atoms with van der Waals surface area (Å²) in [4.78, 5) is 0. The Morgan fingerprint density at radius 1 is 1.05 bits per heavy atom. The maximum atomic E-state index is 6.43. The van der Waals surface area contributed by atoms with Gasteiger partial charge in [0.05, 0.1) is 6.04 Å². The number of rotatable bonds is 4. The third-order valence-electron chi connectivity index (χ3n) is 4.23. The minimum Gasteiger partial charge on any atom is -0.320 e. The Morgan fingerprint density at radius 2 is 1.67 bits per heavy atom. The van der Waals surface area contributed by atoms with Crippen LogP contribution < -0.4 is 5.73 Å². The normalized spacial score (nSPS) is 13.2. The minimum atomic E-state index is -0.129. The molecule has 21 heavy (non-hydrogen) atoms. The average molecular weight is 411 g/mol. The molecule has 1 unspecified atom stereocenters. The first kappa shape index (κ1) is 16.7. The highest BCUT2D eigenvalue weighted by Gasteiger charge is 2.19. The Bertz CT molecular complexity index is 618. The van der Waals surface area contributed by atoms with Crippen LogP contribution in [0.4, 0.5) is 0 Å². The van der Waals surface area contributed by atoms with Crippen molar-refractivity contribution in [2.24, 2.45) is 5.73 Å². The van der Waals surface area contributed by atoms with E-state index in [1.165, 1.54) is 5.56 Å². The van der Waals surface area contributed by atoms with E-state index in [1.54, 1.807) is 0 Å². The van der Waals surface area contributed by atoms with Crippen molar-refractivity contribution in [1.29, 1.82) is 0 Å². The summed E-state index contributed by atoms with van der Waals surface area (Å²) in [6.07, 6.45) is 1.12. The zero-order valence-corrected chi connectivity index (χ0v) is 15.8. The summed E-state index contributed by atoms with van der Waals surface area (Å²) < 4.78 is 2.08. The van der Waals surface area contributed by atoms with Crippen LogP contribution in [0.1, 0.15) is 49.9 Å². The van der Waals surface area contributed by atoms with Crippen molar-refractivity contribution in [2.45, 2.75) is 38.6 Å². The number of nitrogens with two attached hydrogens (primary N) is 1. The topological polar surface area (TPSA) is 26.0 Å². The van der Waals surface area contributed by atoms with Crippen LogP contribution in [0.5, 0.6) is 0 Å². The third kappa shape index (κ3) is 3.77. The van der Waals surface area contributed by atoms with Crippen LogP contribution in [0, 0.1) is 0 Å². The molecule has 0 bridgehead atoms. The molecule has 3 heteroatoms. The largest absolute Gasteiger partial charge is 0.320 e. The molecule has 0 fully saturated rings. The Labute approximate surface area is 144 Å². The van der Waals surface area contributed by atoms with Gasteiger partial charge in [0.2, 0.25) is 0 Å². The van der Waals surface area contributed by atoms with Crippen LogP contribution in [0.15, 0.2) is 51.4 Å². The molecule has 0 saturated carbocycles. The van der Waals surface area contributed by atoms with E-state index in [0.29, 0.717) is 0 Å². The molecule has 2 aromatic rings. The Kier molecular flexibility index (Phi) is 5.29. The van der Waals surface area contributed by atoms with E-state index in [4.69, 9.17) is 5.73 Å². The highest BCUT2D eigenvalue weighted by Crippen LogP contribution is 2.31. The summed E-state index contributed by atoms with van der Waals surface area (Å²) >= 11 is 7.09. The molecule has 0 aliphatic heterocycles. The number of benzene rings is 2. The van der Waals surface area contributed by atoms with Gasteiger partial charge < -0.3 is 5.73 Å². The third-order valence-corrected chi connectivity index (χ3v) is 5.44. The van der Waals surface area contributed by atoms with Gasteiger partial charge >= 0.3 is 0 Å². The first-order valence-corrected chi connectivity index (χ1v) is 8.74. The zero-order valence-electron chi connectivity index (χ0n) is 12.7. The van der Waals surface area contributed by atoms with Gasteiger partial charge in [-0.05, 0) is 46.7 Å². The molecule has 0 aromatic heterocycles. The Morgan fingerprint density at radius 3 is 2.24 bits per heavy atom. The molecule has 112 valence electrons. The fourth-order valence-electron chi connectivity index (χ4n) is 2.28. The van der Waals surface area contributed by atoms with Crippen molar-refractivity contribution in [3.63, 3.8) is 0 Å². The fourth-order valence-corrected chi connectivity index (χ4v) is 3.15. The average Bonchev–Trinajstić information content (AvgIpc) is 2.49. The molecular formula is C18H21Br2N. The van der Waals surface area contributed by atoms with Gasteiger partial charge in [0, 0.05) is 8.95 Å². The highest BCUT2D eigenvalue weighted by molar-refractivity contribution is 9.11. The molecule has 2 N–H and O–H groups in total. The molecule has 2 rings (SSSR count). The zero-order chi connectivity index (χ0) is 15.6. The van der Waals surface area contributed by atoms with Gasteiger partial charge in [0.15, 0.2) is 0 Å². The molecule has 0 spiro atoms. The van der Waals surface area contributed by atoms with Crippen LogP contribution in [-0.4, -0.2) is 0 Å². The lowest BCUT2D eigenvalue weighted by molar-refractivity contribution is 0.506. The van der Waals surface area contributed by atoms with Gasteiger partial charge in [-0.25, -0.2) is 0 Å². The second kappa shape index (κ2) is 6.64. The summed E-state index contributed by atoms with van der Waals surface area (Å²) in [6, 6.07) is 14.7. The number of hydrogen-bond donors (Lipinski definition) is 1. The SMILES string of the molecule is CCC(C)(C)c1ccc(C(N)c2cc(Br)ccc2Br)cc1. The van der Waals surface area contributed by atoms with E-state index in [-0.39, 0.29) is 11.5 Å². The number of hydrogen-bond acceptors (Lipinski definition) is 1. The Balaban J connectivity index is 2.32. The summed E-state index contributed by atoms with van der Waals surface area (Å²) in [7, 11) is 0. The smallest absolute Gasteiger partial charge is 0.0563 e. The molecular weight excluding hydrogens is 390 g/mol. The van der Waals surface area contributed by atoms with Crippen molar-refractivity contribution in [2.75, 3.05) is 0 Å². The van der Waals surface area contributed by atoms with E-state index in [1.807, 2.05) is 12.1 Å². The highest BCUT2D eigenvalue weighted by atomic mass is 79.9. The quantitative estimate of drug-likeness (QED) is 0.662. The van der Waals surface area contributed by atoms with E-state index in [2.05, 4.69) is 83.0 Å². The fraction of sp³-hybridized carbons (Fsp3) is 0.333. The van der Waals surface area contributed by atoms with Gasteiger partial charge in [-0.2, -0.15) is 0 Å². The molecule has 0 aliphatic rings. The second-order valence-electron chi connectivity index (χ2n) is 6.00. The van der Waals surface area contributed by atoms with Gasteiger partial charge in [0.25, 0.3) is 0 Å². The van der Waals surface area contributed by atoms with Crippen LogP contribution in [0.2, 0.25) is 0 Å². The monoisotopic (exact) mass is 409 g/mol. The first-order chi connectivity index (χ1) is 9.85. The molecule has 1 nitrogen and oxygen atoms in total. The maximum Gasteiger partial charge on any atom is 0.0563 e. The second-order valence-corrected chi connectivity index (χ2v) is 7.77. The Hall–Kier alpha value is -0.640. The molecule has 2 aromatic carbocycles. The number of halogens is 2. The van der Waals surface area contributed by atoms with E-state index >= 15 is 0 Å². The predicted octanol–water partition coefficient (Wildman–Crippen LogP) is 5.95. The van der Waals surface area contributed by atoms with Crippen molar-refractivity contribution < 1.29 is 0 Å². The van der Waals surface area contributed by atoms with Crippen molar-refractivity contribution in [1.82, 2.24) is 0 Å². The molecule has 0 heterocycles. The van der Waals surface area contributed by atoms with Gasteiger partial charge in [-0.1, -0.05) is 76.9 Å². The van der Waals surface area contributed by atoms with Crippen molar-refractivity contribution in [3.8, 4) is 0 Å². The van der Waals surface area contributed by atoms with Crippen molar-refractivity contribution >= 4 is 31.9 Å². The van der Waals surface area contributed by atoms with Gasteiger partial charge in [0.1, 0.15) is 0 Å². The molecule has 0 radical (unpaired) electrons. The standard InChI is InChI=1S/C18H21Br2N/c1-4-18(2,3)13-7-5-12(6-8-13)17(21)15-11-14(19)9-10-16(15)20/h5-11,17H,4,21H2,1-3H3. The van der Waals surface area contributed by atoms with E-state index < -0.39 is 0 Å². The first-order valence-electron chi connectivity index (χ1n) is 7.16. The summed E-state index contributed by atoms with van der Waals surface area (Å²) in [5, 5.41) is 0. The van der Waals surface area contributed by atoms with Gasteiger partial charge in [-0.3, -0.25) is 0 Å². The van der Waals surface area contributed by atoms with E-state index in [0.717, 1.165) is 26.5 Å². The van der Waals surface area contributed by atoms with Crippen molar-refractivity contribution in [3.05, 3.63) is 68.1 Å². The van der Waals surface area contributed by atoms with E-state index in [9.17, 15) is 0 Å². The molecule has 0 saturated heterocycles. The summed E-state index contributed by atoms with van der Waals surface area (Å²) in [5.41, 5.74) is 10.2. The molecule has 0 amide bonds. The lowest BCUT2D eigenvalue weighted by Gasteiger charge is -2.24. The molecule has 1 atom stereocenters. The van der Waals surface area contributed by atoms with Crippen LogP contribution in [0.25, 0.3) is 0 Å². The summed E-state index contributed by atoms with van der Waals surface area (Å²) in [6.45, 7) is 6.76. The maximum absolute atomic E-state index is 6.43. The van der Waals surface area contributed by atoms with Crippen LogP contribution in [0.3, 0.4) is 0 Å². The lowest BCUT2D eigenvalue weighted by atomic mass is 9.81. The summed E-state index contributed by atoms with van der Waals surface area (Å²) in [5.74, 6) is 0. The van der Waals surface area contributed by atoms with Gasteiger partial charge in [-0.15, -0.1) is 0 Å². The minimum absolute atomic E-state index is 0.129. The van der Waals surface area contributed by atoms with Crippen LogP contribution >= 0.6 is 31.9 Å².